The van der Waals surface area contributed by atoms with Gasteiger partial charge in [-0.3, -0.25) is 4.79 Å². The molecule has 1 aliphatic heterocycles. The molecule has 31 heavy (non-hydrogen) atoms. The van der Waals surface area contributed by atoms with Crippen molar-refractivity contribution < 1.29 is 22.0 Å². The van der Waals surface area contributed by atoms with Crippen LogP contribution in [0.5, 0.6) is 0 Å². The molecule has 0 spiro atoms. The van der Waals surface area contributed by atoms with Crippen LogP contribution in [0.25, 0.3) is 0 Å². The second-order valence-corrected chi connectivity index (χ2v) is 9.95. The first-order chi connectivity index (χ1) is 14.8. The Kier molecular flexibility index (Phi) is 5.88. The summed E-state index contributed by atoms with van der Waals surface area (Å²) in [7, 11) is -3.93. The van der Waals surface area contributed by atoms with E-state index >= 15 is 0 Å². The second kappa shape index (κ2) is 8.45. The third kappa shape index (κ3) is 4.37. The number of hydrazone groups is 1. The molecule has 7 nitrogen and oxygen atoms in total. The summed E-state index contributed by atoms with van der Waals surface area (Å²) in [5.41, 5.74) is 1.94. The molecular weight excluding hydrogens is 421 g/mol. The van der Waals surface area contributed by atoms with E-state index in [1.165, 1.54) is 12.1 Å². The fraction of sp³-hybridized carbons (Fsp3) is 0.455. The van der Waals surface area contributed by atoms with Gasteiger partial charge in [0, 0.05) is 30.6 Å². The van der Waals surface area contributed by atoms with E-state index in [4.69, 9.17) is 4.42 Å². The average Bonchev–Trinajstić information content (AvgIpc) is 3.10. The van der Waals surface area contributed by atoms with Crippen LogP contribution in [0.1, 0.15) is 60.0 Å². The van der Waals surface area contributed by atoms with Crippen molar-refractivity contribution in [3.63, 3.8) is 0 Å². The fourth-order valence-corrected chi connectivity index (χ4v) is 4.95. The van der Waals surface area contributed by atoms with Gasteiger partial charge in [0.2, 0.25) is 0 Å². The van der Waals surface area contributed by atoms with Gasteiger partial charge >= 0.3 is 0 Å². The molecule has 0 unspecified atom stereocenters. The molecule has 1 aromatic carbocycles. The van der Waals surface area contributed by atoms with Crippen molar-refractivity contribution in [3.05, 3.63) is 52.7 Å². The number of aryl methyl sites for hydroxylation is 1. The molecule has 1 fully saturated rings. The minimum Gasteiger partial charge on any atom is -0.455 e. The molecule has 2 aliphatic rings. The Bertz CT molecular complexity index is 1110. The summed E-state index contributed by atoms with van der Waals surface area (Å²) in [6.07, 6.45) is 3.93. The van der Waals surface area contributed by atoms with Gasteiger partial charge in [0.05, 0.1) is 10.6 Å². The van der Waals surface area contributed by atoms with Crippen LogP contribution >= 0.6 is 0 Å². The third-order valence-corrected chi connectivity index (χ3v) is 7.24. The van der Waals surface area contributed by atoms with Gasteiger partial charge in [-0.05, 0) is 62.8 Å². The van der Waals surface area contributed by atoms with Crippen molar-refractivity contribution in [2.45, 2.75) is 50.8 Å². The summed E-state index contributed by atoms with van der Waals surface area (Å²) in [6.45, 7) is 5.43. The van der Waals surface area contributed by atoms with Gasteiger partial charge < -0.3 is 9.32 Å². The number of likely N-dealkylation sites (tertiary alicyclic amines) is 1. The maximum atomic E-state index is 13.1. The summed E-state index contributed by atoms with van der Waals surface area (Å²) >= 11 is 0. The Morgan fingerprint density at radius 2 is 1.87 bits per heavy atom. The Balaban J connectivity index is 1.59. The van der Waals surface area contributed by atoms with Crippen LogP contribution in [0.15, 0.2) is 38.7 Å². The number of nitrogens with zero attached hydrogens (tertiary/aromatic N) is 2. The zero-order valence-corrected chi connectivity index (χ0v) is 18.5. The van der Waals surface area contributed by atoms with Crippen LogP contribution in [0.4, 0.5) is 4.39 Å². The van der Waals surface area contributed by atoms with E-state index < -0.39 is 15.8 Å². The number of hydrogen-bond donors (Lipinski definition) is 1. The largest absolute Gasteiger partial charge is 0.455 e. The van der Waals surface area contributed by atoms with Crippen molar-refractivity contribution in [3.8, 4) is 0 Å². The lowest BCUT2D eigenvalue weighted by atomic mass is 9.93. The van der Waals surface area contributed by atoms with Crippen LogP contribution in [-0.2, 0) is 16.4 Å². The molecule has 1 saturated heterocycles. The smallest absolute Gasteiger partial charge is 0.289 e. The quantitative estimate of drug-likeness (QED) is 0.725. The number of hydrogen-bond acceptors (Lipinski definition) is 5. The Morgan fingerprint density at radius 3 is 2.55 bits per heavy atom. The van der Waals surface area contributed by atoms with Gasteiger partial charge in [-0.1, -0.05) is 6.92 Å². The number of benzene rings is 1. The molecule has 9 heteroatoms. The first-order valence-corrected chi connectivity index (χ1v) is 12.0. The summed E-state index contributed by atoms with van der Waals surface area (Å²) in [5.74, 6) is 0.956. The van der Waals surface area contributed by atoms with Crippen molar-refractivity contribution in [1.82, 2.24) is 9.73 Å². The Labute approximate surface area is 181 Å². The zero-order chi connectivity index (χ0) is 22.2. The number of rotatable bonds is 4. The molecule has 0 atom stereocenters. The van der Waals surface area contributed by atoms with Gasteiger partial charge in [-0.15, -0.1) is 0 Å². The van der Waals surface area contributed by atoms with E-state index in [9.17, 15) is 17.6 Å². The topological polar surface area (TPSA) is 92.0 Å². The first-order valence-electron chi connectivity index (χ1n) is 10.5. The van der Waals surface area contributed by atoms with Crippen LogP contribution in [-0.4, -0.2) is 38.0 Å². The van der Waals surface area contributed by atoms with Gasteiger partial charge in [-0.2, -0.15) is 18.4 Å². The molecule has 1 aromatic heterocycles. The van der Waals surface area contributed by atoms with Crippen molar-refractivity contribution in [2.75, 3.05) is 13.1 Å². The number of carbonyl (C=O) groups excluding carboxylic acids is 1. The lowest BCUT2D eigenvalue weighted by molar-refractivity contribution is 0.0662. The summed E-state index contributed by atoms with van der Waals surface area (Å²) in [6, 6.07) is 4.53. The van der Waals surface area contributed by atoms with E-state index in [1.54, 1.807) is 0 Å². The lowest BCUT2D eigenvalue weighted by Gasteiger charge is -2.29. The van der Waals surface area contributed by atoms with E-state index in [2.05, 4.69) is 16.9 Å². The highest BCUT2D eigenvalue weighted by atomic mass is 32.2. The summed E-state index contributed by atoms with van der Waals surface area (Å²) < 4.78 is 44.1. The van der Waals surface area contributed by atoms with Gasteiger partial charge in [0.15, 0.2) is 5.76 Å². The van der Waals surface area contributed by atoms with E-state index in [0.29, 0.717) is 60.2 Å². The fourth-order valence-electron chi connectivity index (χ4n) is 4.12. The van der Waals surface area contributed by atoms with E-state index in [1.807, 2.05) is 11.8 Å². The van der Waals surface area contributed by atoms with Crippen LogP contribution < -0.4 is 4.83 Å². The number of nitrogens with one attached hydrogen (secondary N) is 1. The predicted molar refractivity (Wildman–Crippen MR) is 114 cm³/mol. The highest BCUT2D eigenvalue weighted by molar-refractivity contribution is 7.89. The molecule has 0 radical (unpaired) electrons. The summed E-state index contributed by atoms with van der Waals surface area (Å²) in [4.78, 5) is 17.0. The maximum absolute atomic E-state index is 13.1. The number of furan rings is 1. The van der Waals surface area contributed by atoms with Crippen molar-refractivity contribution >= 4 is 21.6 Å². The molecule has 4 rings (SSSR count). The van der Waals surface area contributed by atoms with Gasteiger partial charge in [0.25, 0.3) is 15.9 Å². The normalized spacial score (nSPS) is 18.8. The molecule has 0 saturated carbocycles. The first kappa shape index (κ1) is 21.5. The number of piperidine rings is 1. The van der Waals surface area contributed by atoms with E-state index in [-0.39, 0.29) is 10.8 Å². The van der Waals surface area contributed by atoms with Gasteiger partial charge in [-0.25, -0.2) is 4.39 Å². The van der Waals surface area contributed by atoms with Crippen LogP contribution in [0.2, 0.25) is 0 Å². The number of sulfonamides is 1. The number of amides is 1. The van der Waals surface area contributed by atoms with Crippen LogP contribution in [0, 0.1) is 18.7 Å². The molecular formula is C22H26FN3O4S. The molecule has 1 amide bonds. The standard InChI is InChI=1S/C22H26FN3O4S/c1-14-10-12-26(13-11-14)22(27)21-15(2)20-18(4-3-5-19(20)30-21)24-25-31(28,29)17-8-6-16(23)7-9-17/h6-9,14,25H,3-5,10-13H2,1-2H3/b24-18+. The SMILES string of the molecule is Cc1c(C(=O)N2CCC(C)CC2)oc2c1/C(=N/NS(=O)(=O)c1ccc(F)cc1)CCC2. The summed E-state index contributed by atoms with van der Waals surface area (Å²) in [5, 5.41) is 4.15. The maximum Gasteiger partial charge on any atom is 0.289 e. The predicted octanol–water partition coefficient (Wildman–Crippen LogP) is 3.62. The molecule has 1 aliphatic carbocycles. The zero-order valence-electron chi connectivity index (χ0n) is 17.7. The second-order valence-electron chi connectivity index (χ2n) is 8.29. The highest BCUT2D eigenvalue weighted by Crippen LogP contribution is 2.31. The minimum absolute atomic E-state index is 0.0756. The minimum atomic E-state index is -3.93. The molecule has 1 N–H and O–H groups in total. The highest BCUT2D eigenvalue weighted by Gasteiger charge is 2.31. The number of halogens is 1. The van der Waals surface area contributed by atoms with Crippen LogP contribution in [0.3, 0.4) is 0 Å². The lowest BCUT2D eigenvalue weighted by Crippen LogP contribution is -2.38. The molecule has 2 heterocycles. The average molecular weight is 448 g/mol. The molecule has 166 valence electrons. The number of carbonyl (C=O) groups is 1. The third-order valence-electron chi connectivity index (χ3n) is 6.02. The van der Waals surface area contributed by atoms with Gasteiger partial charge in [0.1, 0.15) is 11.6 Å². The van der Waals surface area contributed by atoms with E-state index in [0.717, 1.165) is 31.4 Å². The van der Waals surface area contributed by atoms with Crippen molar-refractivity contribution in [2.24, 2.45) is 11.0 Å². The van der Waals surface area contributed by atoms with Crippen molar-refractivity contribution in [1.29, 1.82) is 0 Å². The Hall–Kier alpha value is -2.68. The Morgan fingerprint density at radius 1 is 1.19 bits per heavy atom. The monoisotopic (exact) mass is 447 g/mol. The molecule has 2 aromatic rings. The molecule has 0 bridgehead atoms. The number of fused-ring (bicyclic) bond motifs is 1.